The molecular weight excluding hydrogens is 456 g/mol. The van der Waals surface area contributed by atoms with Gasteiger partial charge in [-0.1, -0.05) is 44.2 Å². The van der Waals surface area contributed by atoms with Crippen LogP contribution in [0.4, 0.5) is 0 Å². The Balaban J connectivity index is 1.90. The van der Waals surface area contributed by atoms with E-state index in [4.69, 9.17) is 0 Å². The minimum absolute atomic E-state index is 0.120. The summed E-state index contributed by atoms with van der Waals surface area (Å²) in [4.78, 5) is 46.8. The predicted molar refractivity (Wildman–Crippen MR) is 139 cm³/mol. The molecule has 0 saturated heterocycles. The van der Waals surface area contributed by atoms with Crippen molar-refractivity contribution < 1.29 is 14.4 Å². The number of likely N-dealkylation sites (N-methyl/N-ethyl adjacent to an activating group) is 1. The van der Waals surface area contributed by atoms with Gasteiger partial charge in [-0.15, -0.1) is 0 Å². The first-order chi connectivity index (χ1) is 17.2. The van der Waals surface area contributed by atoms with Crippen molar-refractivity contribution in [3.8, 4) is 0 Å². The van der Waals surface area contributed by atoms with Crippen LogP contribution in [-0.2, 0) is 20.9 Å². The Morgan fingerprint density at radius 3 is 2.58 bits per heavy atom. The molecule has 0 fully saturated rings. The quantitative estimate of drug-likeness (QED) is 0.659. The van der Waals surface area contributed by atoms with Gasteiger partial charge in [-0.3, -0.25) is 14.4 Å². The largest absolute Gasteiger partial charge is 0.344 e. The van der Waals surface area contributed by atoms with Crippen LogP contribution in [0, 0.1) is 12.8 Å². The van der Waals surface area contributed by atoms with Crippen LogP contribution in [-0.4, -0.2) is 68.5 Å². The van der Waals surface area contributed by atoms with Gasteiger partial charge in [-0.05, 0) is 44.2 Å². The molecule has 0 spiro atoms. The number of hydrogen-bond acceptors (Lipinski definition) is 5. The second-order valence-corrected chi connectivity index (χ2v) is 9.78. The normalized spacial score (nSPS) is 20.4. The number of benzene rings is 1. The Kier molecular flexibility index (Phi) is 9.38. The monoisotopic (exact) mass is 494 g/mol. The molecule has 1 aromatic heterocycles. The minimum Gasteiger partial charge on any atom is -0.344 e. The zero-order valence-electron chi connectivity index (χ0n) is 22.0. The van der Waals surface area contributed by atoms with Crippen molar-refractivity contribution in [2.45, 2.75) is 65.6 Å². The number of fused-ring (bicyclic) bond motifs is 1. The Morgan fingerprint density at radius 2 is 1.89 bits per heavy atom. The molecule has 0 saturated carbocycles. The standard InChI is InChI=1S/C27H38N6O3/c1-19(2)18-23-26-28-21(4)30-33(26)17-16-32(25(35)14-13-22-10-7-6-8-11-22)15-9-12-24(34)31(5)20(3)27(36)29-23/h6-8,10-11,13-14,19-20,23H,9,12,15-18H2,1-5H3,(H,29,36)/b14-13+/t20-,23+/m0/s1. The average molecular weight is 495 g/mol. The van der Waals surface area contributed by atoms with E-state index in [1.807, 2.05) is 37.3 Å². The third-order valence-corrected chi connectivity index (χ3v) is 6.43. The van der Waals surface area contributed by atoms with Crippen molar-refractivity contribution in [3.05, 3.63) is 53.6 Å². The number of nitrogens with one attached hydrogen (secondary N) is 1. The van der Waals surface area contributed by atoms with Gasteiger partial charge in [0.15, 0.2) is 0 Å². The summed E-state index contributed by atoms with van der Waals surface area (Å²) in [6.07, 6.45) is 4.80. The van der Waals surface area contributed by atoms with Gasteiger partial charge in [0, 0.05) is 32.6 Å². The van der Waals surface area contributed by atoms with Crippen LogP contribution >= 0.6 is 0 Å². The van der Waals surface area contributed by atoms with Crippen LogP contribution in [0.25, 0.3) is 6.08 Å². The molecule has 1 aromatic carbocycles. The van der Waals surface area contributed by atoms with Crippen LogP contribution in [0.15, 0.2) is 36.4 Å². The van der Waals surface area contributed by atoms with E-state index >= 15 is 0 Å². The number of amides is 3. The topological polar surface area (TPSA) is 100 Å². The number of carbonyl (C=O) groups excluding carboxylic acids is 3. The fourth-order valence-corrected chi connectivity index (χ4v) is 4.26. The van der Waals surface area contributed by atoms with Crippen molar-refractivity contribution in [1.82, 2.24) is 29.9 Å². The van der Waals surface area contributed by atoms with Gasteiger partial charge in [-0.25, -0.2) is 9.67 Å². The maximum absolute atomic E-state index is 13.1. The van der Waals surface area contributed by atoms with Gasteiger partial charge in [0.05, 0.1) is 12.6 Å². The van der Waals surface area contributed by atoms with Crippen molar-refractivity contribution in [3.63, 3.8) is 0 Å². The Labute approximate surface area is 213 Å². The molecule has 3 rings (SSSR count). The summed E-state index contributed by atoms with van der Waals surface area (Å²) in [7, 11) is 1.65. The molecule has 36 heavy (non-hydrogen) atoms. The SMILES string of the molecule is Cc1nc2n(n1)CCN(C(=O)/C=C/c1ccccc1)CCCC(=O)N(C)[C@@H](C)C(=O)N[C@@H]2CC(C)C. The molecule has 1 aliphatic heterocycles. The Morgan fingerprint density at radius 1 is 1.17 bits per heavy atom. The number of carbonyl (C=O) groups is 3. The van der Waals surface area contributed by atoms with E-state index < -0.39 is 6.04 Å². The van der Waals surface area contributed by atoms with E-state index in [0.29, 0.717) is 50.0 Å². The number of rotatable bonds is 4. The second kappa shape index (κ2) is 12.5. The fraction of sp³-hybridized carbons (Fsp3) is 0.519. The van der Waals surface area contributed by atoms with Gasteiger partial charge < -0.3 is 15.1 Å². The predicted octanol–water partition coefficient (Wildman–Crippen LogP) is 2.97. The van der Waals surface area contributed by atoms with Gasteiger partial charge in [0.25, 0.3) is 0 Å². The number of aryl methyl sites for hydroxylation is 1. The van der Waals surface area contributed by atoms with E-state index in [9.17, 15) is 14.4 Å². The molecule has 3 amide bonds. The Bertz CT molecular complexity index is 1080. The summed E-state index contributed by atoms with van der Waals surface area (Å²) < 4.78 is 1.80. The molecule has 9 nitrogen and oxygen atoms in total. The van der Waals surface area contributed by atoms with Gasteiger partial charge in [-0.2, -0.15) is 5.10 Å². The third kappa shape index (κ3) is 7.26. The van der Waals surface area contributed by atoms with Crippen molar-refractivity contribution in [1.29, 1.82) is 0 Å². The first-order valence-corrected chi connectivity index (χ1v) is 12.6. The summed E-state index contributed by atoms with van der Waals surface area (Å²) in [5.74, 6) is 1.12. The molecule has 2 aromatic rings. The Hall–Kier alpha value is -3.49. The molecule has 1 N–H and O–H groups in total. The summed E-state index contributed by atoms with van der Waals surface area (Å²) in [6.45, 7) is 9.00. The highest BCUT2D eigenvalue weighted by Gasteiger charge is 2.28. The molecule has 1 aliphatic rings. The first kappa shape index (κ1) is 27.1. The molecule has 9 heteroatoms. The molecule has 194 valence electrons. The summed E-state index contributed by atoms with van der Waals surface area (Å²) in [5, 5.41) is 7.67. The molecule has 0 bridgehead atoms. The molecule has 0 radical (unpaired) electrons. The molecule has 2 atom stereocenters. The fourth-order valence-electron chi connectivity index (χ4n) is 4.26. The highest BCUT2D eigenvalue weighted by molar-refractivity contribution is 5.92. The van der Waals surface area contributed by atoms with E-state index in [1.165, 1.54) is 4.90 Å². The van der Waals surface area contributed by atoms with Crippen molar-refractivity contribution >= 4 is 23.8 Å². The van der Waals surface area contributed by atoms with Crippen molar-refractivity contribution in [2.24, 2.45) is 5.92 Å². The lowest BCUT2D eigenvalue weighted by Crippen LogP contribution is -2.47. The maximum atomic E-state index is 13.1. The van der Waals surface area contributed by atoms with Crippen LogP contribution in [0.1, 0.15) is 63.3 Å². The lowest BCUT2D eigenvalue weighted by atomic mass is 10.0. The number of aromatic nitrogens is 3. The zero-order valence-corrected chi connectivity index (χ0v) is 22.0. The molecular formula is C27H38N6O3. The van der Waals surface area contributed by atoms with E-state index in [2.05, 4.69) is 29.2 Å². The highest BCUT2D eigenvalue weighted by atomic mass is 16.2. The first-order valence-electron chi connectivity index (χ1n) is 12.6. The minimum atomic E-state index is -0.626. The van der Waals surface area contributed by atoms with E-state index in [-0.39, 0.29) is 30.2 Å². The molecule has 0 unspecified atom stereocenters. The van der Waals surface area contributed by atoms with Crippen molar-refractivity contribution in [2.75, 3.05) is 20.1 Å². The van der Waals surface area contributed by atoms with Gasteiger partial charge >= 0.3 is 0 Å². The van der Waals surface area contributed by atoms with Crippen LogP contribution in [0.5, 0.6) is 0 Å². The number of nitrogens with zero attached hydrogens (tertiary/aromatic N) is 5. The average Bonchev–Trinajstić information content (AvgIpc) is 3.23. The number of hydrogen-bond donors (Lipinski definition) is 1. The van der Waals surface area contributed by atoms with Gasteiger partial charge in [0.1, 0.15) is 17.7 Å². The third-order valence-electron chi connectivity index (χ3n) is 6.43. The van der Waals surface area contributed by atoms with E-state index in [1.54, 1.807) is 35.7 Å². The highest BCUT2D eigenvalue weighted by Crippen LogP contribution is 2.21. The van der Waals surface area contributed by atoms with Gasteiger partial charge in [0.2, 0.25) is 17.7 Å². The summed E-state index contributed by atoms with van der Waals surface area (Å²) >= 11 is 0. The second-order valence-electron chi connectivity index (χ2n) is 9.78. The smallest absolute Gasteiger partial charge is 0.246 e. The summed E-state index contributed by atoms with van der Waals surface area (Å²) in [6, 6.07) is 8.69. The van der Waals surface area contributed by atoms with Crippen LogP contribution in [0.3, 0.4) is 0 Å². The molecule has 0 aliphatic carbocycles. The van der Waals surface area contributed by atoms with E-state index in [0.717, 1.165) is 5.56 Å². The maximum Gasteiger partial charge on any atom is 0.246 e. The zero-order chi connectivity index (χ0) is 26.2. The summed E-state index contributed by atoms with van der Waals surface area (Å²) in [5.41, 5.74) is 0.945. The lowest BCUT2D eigenvalue weighted by molar-refractivity contribution is -0.139. The van der Waals surface area contributed by atoms with Crippen LogP contribution < -0.4 is 5.32 Å². The lowest BCUT2D eigenvalue weighted by Gasteiger charge is -2.29. The van der Waals surface area contributed by atoms with Crippen LogP contribution in [0.2, 0.25) is 0 Å². The molecule has 2 heterocycles.